The number of nitrogens with two attached hydrogens (primary N) is 1. The van der Waals surface area contributed by atoms with Crippen molar-refractivity contribution in [1.82, 2.24) is 0 Å². The summed E-state index contributed by atoms with van der Waals surface area (Å²) in [5.41, 5.74) is 9.03. The summed E-state index contributed by atoms with van der Waals surface area (Å²) in [6, 6.07) is 24.0. The maximum absolute atomic E-state index is 12.2. The first-order chi connectivity index (χ1) is 13.1. The largest absolute Gasteiger partial charge is 0.489 e. The summed E-state index contributed by atoms with van der Waals surface area (Å²) < 4.78 is 5.72. The summed E-state index contributed by atoms with van der Waals surface area (Å²) >= 11 is 0. The molecule has 0 heterocycles. The minimum atomic E-state index is -0.602. The lowest BCUT2D eigenvalue weighted by Gasteiger charge is -2.07. The van der Waals surface area contributed by atoms with Crippen molar-refractivity contribution >= 4 is 11.8 Å². The second-order valence-corrected chi connectivity index (χ2v) is 6.02. The number of rotatable bonds is 6. The summed E-state index contributed by atoms with van der Waals surface area (Å²) in [5, 5.41) is 3.73. The number of aryl methyl sites for hydroxylation is 1. The van der Waals surface area contributed by atoms with Crippen LogP contribution >= 0.6 is 0 Å². The van der Waals surface area contributed by atoms with Crippen LogP contribution in [0.5, 0.6) is 5.75 Å². The van der Waals surface area contributed by atoms with E-state index in [1.165, 1.54) is 0 Å². The van der Waals surface area contributed by atoms with E-state index in [-0.39, 0.29) is 5.84 Å². The van der Waals surface area contributed by atoms with E-state index >= 15 is 0 Å². The molecule has 5 nitrogen and oxygen atoms in total. The molecule has 3 rings (SSSR count). The molecular formula is C22H20N2O3. The first-order valence-corrected chi connectivity index (χ1v) is 8.50. The predicted octanol–water partition coefficient (Wildman–Crippen LogP) is 4.05. The van der Waals surface area contributed by atoms with Gasteiger partial charge in [0.2, 0.25) is 0 Å². The first kappa shape index (κ1) is 18.2. The third kappa shape index (κ3) is 5.19. The Balaban J connectivity index is 1.62. The minimum Gasteiger partial charge on any atom is -0.489 e. The summed E-state index contributed by atoms with van der Waals surface area (Å²) in [6.45, 7) is 2.39. The average molecular weight is 360 g/mol. The number of carbonyl (C=O) groups is 1. The van der Waals surface area contributed by atoms with Crippen molar-refractivity contribution in [3.63, 3.8) is 0 Å². The van der Waals surface area contributed by atoms with Gasteiger partial charge in [0.25, 0.3) is 0 Å². The van der Waals surface area contributed by atoms with E-state index in [4.69, 9.17) is 15.3 Å². The van der Waals surface area contributed by atoms with Crippen molar-refractivity contribution < 1.29 is 14.4 Å². The topological polar surface area (TPSA) is 73.9 Å². The Morgan fingerprint density at radius 3 is 2.41 bits per heavy atom. The smallest absolute Gasteiger partial charge is 0.365 e. The highest BCUT2D eigenvalue weighted by Crippen LogP contribution is 2.16. The normalized spacial score (nSPS) is 11.1. The van der Waals surface area contributed by atoms with Crippen molar-refractivity contribution in [2.75, 3.05) is 0 Å². The van der Waals surface area contributed by atoms with Gasteiger partial charge in [-0.15, -0.1) is 0 Å². The summed E-state index contributed by atoms with van der Waals surface area (Å²) in [7, 11) is 0. The van der Waals surface area contributed by atoms with Crippen LogP contribution < -0.4 is 10.5 Å². The quantitative estimate of drug-likeness (QED) is 0.311. The number of amidine groups is 1. The predicted molar refractivity (Wildman–Crippen MR) is 105 cm³/mol. The fraction of sp³-hybridized carbons (Fsp3) is 0.0909. The average Bonchev–Trinajstić information content (AvgIpc) is 2.72. The van der Waals surface area contributed by atoms with Crippen molar-refractivity contribution in [1.29, 1.82) is 0 Å². The summed E-state index contributed by atoms with van der Waals surface area (Å²) in [6.07, 6.45) is 0. The molecule has 2 N–H and O–H groups in total. The highest BCUT2D eigenvalue weighted by atomic mass is 16.7. The van der Waals surface area contributed by atoms with Crippen LogP contribution in [0.4, 0.5) is 0 Å². The number of hydrogen-bond donors (Lipinski definition) is 1. The van der Waals surface area contributed by atoms with Crippen LogP contribution in [-0.2, 0) is 11.4 Å². The van der Waals surface area contributed by atoms with Crippen LogP contribution in [0, 0.1) is 6.92 Å². The number of ether oxygens (including phenoxy) is 1. The SMILES string of the molecule is Cc1ccc(/C(N)=N\OC(=O)c2cccc(OCc3ccccc3)c2)cc1. The minimum absolute atomic E-state index is 0.139. The zero-order valence-corrected chi connectivity index (χ0v) is 15.0. The standard InChI is InChI=1S/C22H20N2O3/c1-16-10-12-18(13-11-16)21(23)24-27-22(25)19-8-5-9-20(14-19)26-15-17-6-3-2-4-7-17/h2-14H,15H2,1H3,(H2,23,24). The van der Waals surface area contributed by atoms with Crippen LogP contribution in [0.3, 0.4) is 0 Å². The molecule has 3 aromatic rings. The van der Waals surface area contributed by atoms with E-state index in [1.807, 2.05) is 61.5 Å². The Kier molecular flexibility index (Phi) is 5.84. The Morgan fingerprint density at radius 1 is 0.926 bits per heavy atom. The van der Waals surface area contributed by atoms with Gasteiger partial charge in [0.1, 0.15) is 12.4 Å². The molecule has 136 valence electrons. The van der Waals surface area contributed by atoms with E-state index in [0.29, 0.717) is 23.5 Å². The monoisotopic (exact) mass is 360 g/mol. The van der Waals surface area contributed by atoms with Crippen molar-refractivity contribution in [3.8, 4) is 5.75 Å². The highest BCUT2D eigenvalue weighted by Gasteiger charge is 2.09. The van der Waals surface area contributed by atoms with Gasteiger partial charge < -0.3 is 15.3 Å². The van der Waals surface area contributed by atoms with E-state index in [0.717, 1.165) is 11.1 Å². The molecule has 3 aromatic carbocycles. The van der Waals surface area contributed by atoms with Gasteiger partial charge in [-0.1, -0.05) is 71.4 Å². The Bertz CT molecular complexity index is 935. The van der Waals surface area contributed by atoms with E-state index in [9.17, 15) is 4.79 Å². The Hall–Kier alpha value is -3.60. The molecule has 0 atom stereocenters. The first-order valence-electron chi connectivity index (χ1n) is 8.50. The fourth-order valence-electron chi connectivity index (χ4n) is 2.37. The third-order valence-corrected chi connectivity index (χ3v) is 3.89. The third-order valence-electron chi connectivity index (χ3n) is 3.89. The fourth-order valence-corrected chi connectivity index (χ4v) is 2.37. The molecule has 0 aliphatic rings. The molecule has 0 amide bonds. The lowest BCUT2D eigenvalue weighted by molar-refractivity contribution is 0.0515. The second-order valence-electron chi connectivity index (χ2n) is 6.02. The van der Waals surface area contributed by atoms with Crippen LogP contribution in [0.2, 0.25) is 0 Å². The van der Waals surface area contributed by atoms with Gasteiger partial charge in [0, 0.05) is 5.56 Å². The van der Waals surface area contributed by atoms with E-state index < -0.39 is 5.97 Å². The van der Waals surface area contributed by atoms with Crippen LogP contribution in [0.25, 0.3) is 0 Å². The molecule has 27 heavy (non-hydrogen) atoms. The highest BCUT2D eigenvalue weighted by molar-refractivity contribution is 5.98. The molecule has 0 unspecified atom stereocenters. The van der Waals surface area contributed by atoms with Gasteiger partial charge in [-0.2, -0.15) is 0 Å². The molecule has 5 heteroatoms. The zero-order valence-electron chi connectivity index (χ0n) is 15.0. The van der Waals surface area contributed by atoms with Crippen LogP contribution in [0.1, 0.15) is 27.0 Å². The zero-order chi connectivity index (χ0) is 19.1. The van der Waals surface area contributed by atoms with Gasteiger partial charge >= 0.3 is 5.97 Å². The van der Waals surface area contributed by atoms with Gasteiger partial charge in [-0.25, -0.2) is 4.79 Å². The van der Waals surface area contributed by atoms with Gasteiger partial charge in [0.05, 0.1) is 5.56 Å². The summed E-state index contributed by atoms with van der Waals surface area (Å²) in [5.74, 6) is 0.110. The maximum Gasteiger partial charge on any atom is 0.365 e. The number of carbonyl (C=O) groups excluding carboxylic acids is 1. The number of nitrogens with zero attached hydrogens (tertiary/aromatic N) is 1. The van der Waals surface area contributed by atoms with Gasteiger partial charge in [0.15, 0.2) is 5.84 Å². The second kappa shape index (κ2) is 8.67. The molecule has 0 saturated carbocycles. The molecule has 0 aromatic heterocycles. The number of hydrogen-bond acceptors (Lipinski definition) is 4. The molecule has 0 aliphatic heterocycles. The number of benzene rings is 3. The molecule has 0 aliphatic carbocycles. The van der Waals surface area contributed by atoms with Crippen LogP contribution in [0.15, 0.2) is 84.0 Å². The molecular weight excluding hydrogens is 340 g/mol. The van der Waals surface area contributed by atoms with E-state index in [2.05, 4.69) is 5.16 Å². The van der Waals surface area contributed by atoms with Gasteiger partial charge in [-0.3, -0.25) is 0 Å². The van der Waals surface area contributed by atoms with Crippen LogP contribution in [-0.4, -0.2) is 11.8 Å². The summed E-state index contributed by atoms with van der Waals surface area (Å²) in [4.78, 5) is 17.2. The van der Waals surface area contributed by atoms with Crippen molar-refractivity contribution in [2.24, 2.45) is 10.9 Å². The molecule has 0 saturated heterocycles. The molecule has 0 spiro atoms. The maximum atomic E-state index is 12.2. The van der Waals surface area contributed by atoms with E-state index in [1.54, 1.807) is 24.3 Å². The molecule has 0 fully saturated rings. The lowest BCUT2D eigenvalue weighted by Crippen LogP contribution is -2.15. The molecule has 0 radical (unpaired) electrons. The van der Waals surface area contributed by atoms with Gasteiger partial charge in [-0.05, 0) is 30.7 Å². The Labute approximate surface area is 158 Å². The Morgan fingerprint density at radius 2 is 1.67 bits per heavy atom. The van der Waals surface area contributed by atoms with Crippen molar-refractivity contribution in [3.05, 3.63) is 101 Å². The molecule has 0 bridgehead atoms. The van der Waals surface area contributed by atoms with Crippen molar-refractivity contribution in [2.45, 2.75) is 13.5 Å². The lowest BCUT2D eigenvalue weighted by atomic mass is 10.1. The number of oxime groups is 1.